The zero-order valence-corrected chi connectivity index (χ0v) is 19.9. The number of aromatic amines is 1. The van der Waals surface area contributed by atoms with Crippen molar-refractivity contribution in [2.75, 3.05) is 18.1 Å². The molecule has 6 heteroatoms. The highest BCUT2D eigenvalue weighted by atomic mass is 16.3. The predicted molar refractivity (Wildman–Crippen MR) is 134 cm³/mol. The van der Waals surface area contributed by atoms with E-state index in [0.29, 0.717) is 24.3 Å². The van der Waals surface area contributed by atoms with E-state index in [-0.39, 0.29) is 36.3 Å². The Labute approximate surface area is 200 Å². The van der Waals surface area contributed by atoms with E-state index < -0.39 is 0 Å². The van der Waals surface area contributed by atoms with Crippen LogP contribution >= 0.6 is 0 Å². The molecule has 1 aliphatic carbocycles. The molecule has 0 radical (unpaired) electrons. The number of Topliss-reactive ketones (excluding diaryl/α,β-unsaturated/α-hetero) is 1. The molecule has 1 saturated carbocycles. The number of anilines is 1. The van der Waals surface area contributed by atoms with Crippen molar-refractivity contribution in [3.63, 3.8) is 0 Å². The van der Waals surface area contributed by atoms with Crippen LogP contribution in [0.4, 0.5) is 5.69 Å². The summed E-state index contributed by atoms with van der Waals surface area (Å²) >= 11 is 0. The van der Waals surface area contributed by atoms with Gasteiger partial charge in [0.1, 0.15) is 6.04 Å². The quantitative estimate of drug-likeness (QED) is 0.468. The minimum absolute atomic E-state index is 0.0405. The van der Waals surface area contributed by atoms with E-state index in [0.717, 1.165) is 34.3 Å². The Morgan fingerprint density at radius 2 is 1.91 bits per heavy atom. The maximum absolute atomic E-state index is 13.4. The smallest absolute Gasteiger partial charge is 0.243 e. The average molecular weight is 460 g/mol. The largest absolute Gasteiger partial charge is 0.394 e. The first-order valence-corrected chi connectivity index (χ1v) is 12.3. The molecule has 1 aromatic heterocycles. The Hall–Kier alpha value is -3.12. The molecule has 178 valence electrons. The number of rotatable bonds is 7. The van der Waals surface area contributed by atoms with E-state index in [2.05, 4.69) is 29.0 Å². The number of aliphatic hydroxyl groups is 1. The lowest BCUT2D eigenvalue weighted by Crippen LogP contribution is -2.53. The number of carbonyl (C=O) groups is 2. The fourth-order valence-electron chi connectivity index (χ4n) is 5.27. The van der Waals surface area contributed by atoms with E-state index in [4.69, 9.17) is 0 Å². The molecule has 1 amide bonds. The molecule has 6 nitrogen and oxygen atoms in total. The van der Waals surface area contributed by atoms with Gasteiger partial charge in [0.15, 0.2) is 5.78 Å². The Morgan fingerprint density at radius 3 is 2.59 bits per heavy atom. The molecule has 0 unspecified atom stereocenters. The lowest BCUT2D eigenvalue weighted by Gasteiger charge is -2.36. The standard InChI is InChI=1S/C28H33N3O3/c1-17(2)27-28(34)30-21(16-32)13-20-14-29-26-22(24(33)12-18-6-4-3-5-7-18)10-11-23(25(20)26)31(27)15-19-8-9-19/h3-7,10-11,14,17,19,21,27,29,32H,8-9,12-13,15-16H2,1-2H3,(H,30,34)/t21-,27-/m0/s1. The van der Waals surface area contributed by atoms with E-state index >= 15 is 0 Å². The zero-order chi connectivity index (χ0) is 23.8. The van der Waals surface area contributed by atoms with Crippen LogP contribution in [0.1, 0.15) is 48.2 Å². The minimum Gasteiger partial charge on any atom is -0.394 e. The van der Waals surface area contributed by atoms with Crippen LogP contribution in [0, 0.1) is 11.8 Å². The molecule has 2 aromatic carbocycles. The number of ketones is 1. The number of H-pyrrole nitrogens is 1. The lowest BCUT2D eigenvalue weighted by molar-refractivity contribution is -0.124. The van der Waals surface area contributed by atoms with Crippen LogP contribution in [0.5, 0.6) is 0 Å². The fraction of sp³-hybridized carbons (Fsp3) is 0.429. The second-order valence-corrected chi connectivity index (χ2v) is 10.2. The van der Waals surface area contributed by atoms with Crippen LogP contribution in [0.2, 0.25) is 0 Å². The van der Waals surface area contributed by atoms with Gasteiger partial charge in [-0.05, 0) is 54.4 Å². The van der Waals surface area contributed by atoms with Crippen molar-refractivity contribution in [2.45, 2.75) is 51.6 Å². The van der Waals surface area contributed by atoms with Crippen molar-refractivity contribution in [1.29, 1.82) is 0 Å². The number of benzene rings is 2. The first-order chi connectivity index (χ1) is 16.5. The fourth-order valence-corrected chi connectivity index (χ4v) is 5.27. The molecule has 3 aromatic rings. The summed E-state index contributed by atoms with van der Waals surface area (Å²) in [5, 5.41) is 14.1. The second-order valence-electron chi connectivity index (χ2n) is 10.2. The van der Waals surface area contributed by atoms with Gasteiger partial charge in [0, 0.05) is 35.8 Å². The van der Waals surface area contributed by atoms with Crippen LogP contribution in [0.15, 0.2) is 48.7 Å². The van der Waals surface area contributed by atoms with Gasteiger partial charge in [-0.2, -0.15) is 0 Å². The number of nitrogens with zero attached hydrogens (tertiary/aromatic N) is 1. The number of amides is 1. The molecular formula is C28H33N3O3. The molecular weight excluding hydrogens is 426 g/mol. The Bertz CT molecular complexity index is 1200. The molecule has 0 bridgehead atoms. The van der Waals surface area contributed by atoms with Crippen molar-refractivity contribution < 1.29 is 14.7 Å². The molecule has 2 atom stereocenters. The van der Waals surface area contributed by atoms with E-state index in [9.17, 15) is 14.7 Å². The molecule has 2 aliphatic rings. The molecule has 3 N–H and O–H groups in total. The summed E-state index contributed by atoms with van der Waals surface area (Å²) < 4.78 is 0. The Morgan fingerprint density at radius 1 is 1.15 bits per heavy atom. The molecule has 0 saturated heterocycles. The van der Waals surface area contributed by atoms with Gasteiger partial charge in [-0.15, -0.1) is 0 Å². The molecule has 0 spiro atoms. The van der Waals surface area contributed by atoms with Gasteiger partial charge >= 0.3 is 0 Å². The summed E-state index contributed by atoms with van der Waals surface area (Å²) in [6, 6.07) is 13.0. The van der Waals surface area contributed by atoms with Crippen LogP contribution in [-0.4, -0.2) is 47.0 Å². The van der Waals surface area contributed by atoms with Gasteiger partial charge in [-0.1, -0.05) is 44.2 Å². The summed E-state index contributed by atoms with van der Waals surface area (Å²) in [4.78, 5) is 32.4. The summed E-state index contributed by atoms with van der Waals surface area (Å²) in [5.41, 5.74) is 4.49. The summed E-state index contributed by atoms with van der Waals surface area (Å²) in [7, 11) is 0. The monoisotopic (exact) mass is 459 g/mol. The topological polar surface area (TPSA) is 85.4 Å². The molecule has 2 heterocycles. The molecule has 1 aliphatic heterocycles. The zero-order valence-electron chi connectivity index (χ0n) is 19.9. The number of aliphatic hydroxyl groups excluding tert-OH is 1. The second kappa shape index (κ2) is 9.26. The van der Waals surface area contributed by atoms with Gasteiger partial charge in [0.2, 0.25) is 5.91 Å². The van der Waals surface area contributed by atoms with Crippen molar-refractivity contribution in [2.24, 2.45) is 11.8 Å². The van der Waals surface area contributed by atoms with Gasteiger partial charge in [-0.3, -0.25) is 9.59 Å². The third kappa shape index (κ3) is 4.34. The maximum atomic E-state index is 13.4. The van der Waals surface area contributed by atoms with Gasteiger partial charge in [0.05, 0.1) is 18.2 Å². The third-order valence-corrected chi connectivity index (χ3v) is 7.13. The Kier molecular flexibility index (Phi) is 6.17. The van der Waals surface area contributed by atoms with E-state index in [1.807, 2.05) is 48.7 Å². The minimum atomic E-state index is -0.370. The van der Waals surface area contributed by atoms with Crippen molar-refractivity contribution in [1.82, 2.24) is 10.3 Å². The number of carbonyl (C=O) groups excluding carboxylic acids is 2. The highest BCUT2D eigenvalue weighted by molar-refractivity contribution is 6.12. The van der Waals surface area contributed by atoms with Gasteiger partial charge in [-0.25, -0.2) is 0 Å². The number of hydrogen-bond donors (Lipinski definition) is 3. The van der Waals surface area contributed by atoms with Crippen LogP contribution in [0.25, 0.3) is 10.9 Å². The van der Waals surface area contributed by atoms with Gasteiger partial charge < -0.3 is 20.3 Å². The third-order valence-electron chi connectivity index (χ3n) is 7.13. The number of nitrogens with one attached hydrogen (secondary N) is 2. The highest BCUT2D eigenvalue weighted by Crippen LogP contribution is 2.39. The average Bonchev–Trinajstić information content (AvgIpc) is 3.54. The molecule has 1 fully saturated rings. The first-order valence-electron chi connectivity index (χ1n) is 12.3. The Balaban J connectivity index is 1.64. The summed E-state index contributed by atoms with van der Waals surface area (Å²) in [6.45, 7) is 4.83. The molecule has 5 rings (SSSR count). The lowest BCUT2D eigenvalue weighted by atomic mass is 9.96. The summed E-state index contributed by atoms with van der Waals surface area (Å²) in [5.74, 6) is 0.697. The van der Waals surface area contributed by atoms with E-state index in [1.165, 1.54) is 12.8 Å². The maximum Gasteiger partial charge on any atom is 0.243 e. The van der Waals surface area contributed by atoms with E-state index in [1.54, 1.807) is 0 Å². The van der Waals surface area contributed by atoms with Crippen molar-refractivity contribution in [3.8, 4) is 0 Å². The first kappa shape index (κ1) is 22.7. The highest BCUT2D eigenvalue weighted by Gasteiger charge is 2.37. The van der Waals surface area contributed by atoms with Crippen LogP contribution in [-0.2, 0) is 17.6 Å². The number of hydrogen-bond acceptors (Lipinski definition) is 4. The van der Waals surface area contributed by atoms with Crippen LogP contribution in [0.3, 0.4) is 0 Å². The SMILES string of the molecule is CC(C)[C@H]1C(=O)N[C@H](CO)Cc2c[nH]c3c(C(=O)Cc4ccccc4)ccc(c23)N1CC1CC1. The van der Waals surface area contributed by atoms with Crippen LogP contribution < -0.4 is 10.2 Å². The van der Waals surface area contributed by atoms with Crippen molar-refractivity contribution >= 4 is 28.3 Å². The predicted octanol–water partition coefficient (Wildman–Crippen LogP) is 3.87. The van der Waals surface area contributed by atoms with Crippen molar-refractivity contribution in [3.05, 3.63) is 65.4 Å². The normalized spacial score (nSPS) is 20.7. The molecule has 34 heavy (non-hydrogen) atoms. The van der Waals surface area contributed by atoms with Gasteiger partial charge in [0.25, 0.3) is 0 Å². The number of aromatic nitrogens is 1. The summed E-state index contributed by atoms with van der Waals surface area (Å²) in [6.07, 6.45) is 5.14.